The molecule has 0 bridgehead atoms. The van der Waals surface area contributed by atoms with E-state index >= 15 is 0 Å². The van der Waals surface area contributed by atoms with Crippen molar-refractivity contribution in [2.24, 2.45) is 0 Å². The zero-order chi connectivity index (χ0) is 17.2. The standard InChI is InChI=1S/C16H18BN3O3/c1-4-9-16(3)12(2)19(17)11-10-18(16)15(21)13-5-7-14(8-6-13)20(22)23/h4-8H,1-2,9-11H2,3H3/t16-/m0/s1. The summed E-state index contributed by atoms with van der Waals surface area (Å²) >= 11 is 0. The van der Waals surface area contributed by atoms with Crippen LogP contribution in [0.1, 0.15) is 23.7 Å². The Kier molecular flexibility index (Phi) is 4.59. The van der Waals surface area contributed by atoms with Crippen molar-refractivity contribution >= 4 is 19.6 Å². The molecule has 0 unspecified atom stereocenters. The number of amides is 1. The van der Waals surface area contributed by atoms with Crippen molar-refractivity contribution < 1.29 is 9.72 Å². The van der Waals surface area contributed by atoms with E-state index in [2.05, 4.69) is 13.2 Å². The number of non-ortho nitro benzene ring substituents is 1. The molecular weight excluding hydrogens is 293 g/mol. The molecule has 2 radical (unpaired) electrons. The van der Waals surface area contributed by atoms with Crippen molar-refractivity contribution in [3.63, 3.8) is 0 Å². The van der Waals surface area contributed by atoms with E-state index in [-0.39, 0.29) is 11.6 Å². The number of rotatable bonds is 4. The second-order valence-corrected chi connectivity index (χ2v) is 5.67. The van der Waals surface area contributed by atoms with Crippen molar-refractivity contribution in [2.75, 3.05) is 13.1 Å². The number of hydrogen-bond donors (Lipinski definition) is 0. The topological polar surface area (TPSA) is 66.7 Å². The normalized spacial score (nSPS) is 21.2. The Balaban J connectivity index is 2.34. The number of benzene rings is 1. The number of nitro benzene ring substituents is 1. The molecule has 1 aliphatic heterocycles. The molecule has 1 atom stereocenters. The highest BCUT2D eigenvalue weighted by Crippen LogP contribution is 2.34. The summed E-state index contributed by atoms with van der Waals surface area (Å²) in [6.45, 7) is 10.5. The van der Waals surface area contributed by atoms with Crippen LogP contribution in [-0.2, 0) is 0 Å². The van der Waals surface area contributed by atoms with Gasteiger partial charge in [-0.25, -0.2) is 0 Å². The highest BCUT2D eigenvalue weighted by atomic mass is 16.6. The summed E-state index contributed by atoms with van der Waals surface area (Å²) in [6.07, 6.45) is 2.23. The van der Waals surface area contributed by atoms with Crippen LogP contribution in [0.3, 0.4) is 0 Å². The molecule has 0 spiro atoms. The number of nitro groups is 1. The molecule has 7 heteroatoms. The minimum Gasteiger partial charge on any atom is -0.425 e. The van der Waals surface area contributed by atoms with E-state index in [1.807, 2.05) is 6.92 Å². The summed E-state index contributed by atoms with van der Waals surface area (Å²) in [7, 11) is 5.92. The molecule has 1 amide bonds. The Hall–Kier alpha value is -2.57. The Morgan fingerprint density at radius 2 is 2.04 bits per heavy atom. The average molecular weight is 311 g/mol. The van der Waals surface area contributed by atoms with Crippen LogP contribution in [0.15, 0.2) is 49.2 Å². The lowest BCUT2D eigenvalue weighted by Gasteiger charge is -2.50. The summed E-state index contributed by atoms with van der Waals surface area (Å²) in [6, 6.07) is 5.58. The van der Waals surface area contributed by atoms with Crippen molar-refractivity contribution in [3.05, 3.63) is 64.9 Å². The molecule has 0 saturated carbocycles. The third-order valence-corrected chi connectivity index (χ3v) is 4.24. The molecule has 1 saturated heterocycles. The van der Waals surface area contributed by atoms with E-state index in [1.54, 1.807) is 15.8 Å². The Morgan fingerprint density at radius 1 is 1.43 bits per heavy atom. The van der Waals surface area contributed by atoms with Crippen LogP contribution < -0.4 is 0 Å². The fourth-order valence-corrected chi connectivity index (χ4v) is 2.77. The maximum Gasteiger partial charge on any atom is 0.269 e. The van der Waals surface area contributed by atoms with E-state index in [9.17, 15) is 14.9 Å². The van der Waals surface area contributed by atoms with Gasteiger partial charge in [-0.15, -0.1) is 6.58 Å². The summed E-state index contributed by atoms with van der Waals surface area (Å²) < 4.78 is 0. The van der Waals surface area contributed by atoms with Crippen LogP contribution in [0.2, 0.25) is 0 Å². The molecule has 1 aliphatic rings. The van der Waals surface area contributed by atoms with E-state index in [0.717, 1.165) is 0 Å². The average Bonchev–Trinajstić information content (AvgIpc) is 2.53. The number of hydrogen-bond acceptors (Lipinski definition) is 4. The lowest BCUT2D eigenvalue weighted by Crippen LogP contribution is -2.60. The lowest BCUT2D eigenvalue weighted by atomic mass is 9.86. The molecule has 1 fully saturated rings. The smallest absolute Gasteiger partial charge is 0.269 e. The number of piperazine rings is 1. The summed E-state index contributed by atoms with van der Waals surface area (Å²) in [5.74, 6) is -0.210. The summed E-state index contributed by atoms with van der Waals surface area (Å²) in [4.78, 5) is 26.3. The van der Waals surface area contributed by atoms with E-state index in [1.165, 1.54) is 24.3 Å². The van der Waals surface area contributed by atoms with Crippen LogP contribution in [0.4, 0.5) is 5.69 Å². The predicted molar refractivity (Wildman–Crippen MR) is 89.0 cm³/mol. The highest BCUT2D eigenvalue weighted by molar-refractivity contribution is 6.06. The van der Waals surface area contributed by atoms with Crippen molar-refractivity contribution in [1.82, 2.24) is 9.71 Å². The molecule has 1 aromatic rings. The molecule has 1 aromatic carbocycles. The molecule has 23 heavy (non-hydrogen) atoms. The van der Waals surface area contributed by atoms with Gasteiger partial charge in [-0.1, -0.05) is 12.7 Å². The van der Waals surface area contributed by atoms with Gasteiger partial charge in [0.1, 0.15) is 0 Å². The van der Waals surface area contributed by atoms with Gasteiger partial charge in [0, 0.05) is 36.5 Å². The summed E-state index contributed by atoms with van der Waals surface area (Å²) in [5, 5.41) is 10.7. The fourth-order valence-electron chi connectivity index (χ4n) is 2.77. The highest BCUT2D eigenvalue weighted by Gasteiger charge is 2.41. The largest absolute Gasteiger partial charge is 0.425 e. The van der Waals surface area contributed by atoms with Crippen LogP contribution in [0, 0.1) is 10.1 Å². The Labute approximate surface area is 136 Å². The molecular formula is C16H18BN3O3. The van der Waals surface area contributed by atoms with Gasteiger partial charge in [0.25, 0.3) is 11.6 Å². The second-order valence-electron chi connectivity index (χ2n) is 5.67. The van der Waals surface area contributed by atoms with Gasteiger partial charge in [-0.05, 0) is 25.5 Å². The Morgan fingerprint density at radius 3 is 2.57 bits per heavy atom. The number of carbonyl (C=O) groups excluding carboxylic acids is 1. The van der Waals surface area contributed by atoms with Crippen LogP contribution in [0.5, 0.6) is 0 Å². The number of carbonyl (C=O) groups is 1. The van der Waals surface area contributed by atoms with Gasteiger partial charge < -0.3 is 9.71 Å². The summed E-state index contributed by atoms with van der Waals surface area (Å²) in [5.41, 5.74) is 0.308. The minimum atomic E-state index is -0.673. The second kappa shape index (κ2) is 6.28. The molecule has 2 rings (SSSR count). The molecule has 0 N–H and O–H groups in total. The quantitative estimate of drug-likeness (QED) is 0.370. The Bertz CT molecular complexity index is 659. The molecule has 0 aliphatic carbocycles. The van der Waals surface area contributed by atoms with Crippen LogP contribution in [-0.4, -0.2) is 47.2 Å². The molecule has 1 heterocycles. The molecule has 0 aromatic heterocycles. The minimum absolute atomic E-state index is 0.0495. The van der Waals surface area contributed by atoms with Gasteiger partial charge >= 0.3 is 0 Å². The lowest BCUT2D eigenvalue weighted by molar-refractivity contribution is -0.384. The first-order chi connectivity index (χ1) is 10.8. The van der Waals surface area contributed by atoms with Crippen LogP contribution >= 0.6 is 0 Å². The first-order valence-electron chi connectivity index (χ1n) is 7.20. The van der Waals surface area contributed by atoms with Gasteiger partial charge in [0.2, 0.25) is 7.98 Å². The fraction of sp³-hybridized carbons (Fsp3) is 0.312. The van der Waals surface area contributed by atoms with Gasteiger partial charge in [0.05, 0.1) is 10.5 Å². The van der Waals surface area contributed by atoms with Gasteiger partial charge in [0.15, 0.2) is 0 Å². The van der Waals surface area contributed by atoms with Crippen molar-refractivity contribution in [2.45, 2.75) is 18.9 Å². The first-order valence-corrected chi connectivity index (χ1v) is 7.20. The number of nitrogens with zero attached hydrogens (tertiary/aromatic N) is 3. The van der Waals surface area contributed by atoms with Gasteiger partial charge in [-0.3, -0.25) is 14.9 Å². The van der Waals surface area contributed by atoms with Gasteiger partial charge in [-0.2, -0.15) is 0 Å². The zero-order valence-electron chi connectivity index (χ0n) is 13.1. The first kappa shape index (κ1) is 16.8. The molecule has 6 nitrogen and oxygen atoms in total. The third-order valence-electron chi connectivity index (χ3n) is 4.24. The maximum atomic E-state index is 12.8. The zero-order valence-corrected chi connectivity index (χ0v) is 13.1. The molecule has 118 valence electrons. The third kappa shape index (κ3) is 2.99. The predicted octanol–water partition coefficient (Wildman–Crippen LogP) is 2.28. The van der Waals surface area contributed by atoms with E-state index in [0.29, 0.717) is 30.8 Å². The van der Waals surface area contributed by atoms with E-state index in [4.69, 9.17) is 7.98 Å². The SMILES string of the molecule is [B]N1CCN(C(=O)c2ccc([N+](=O)[O-])cc2)[C@@](C)(CC=C)C1=C. The van der Waals surface area contributed by atoms with Crippen molar-refractivity contribution in [1.29, 1.82) is 0 Å². The maximum absolute atomic E-state index is 12.8. The van der Waals surface area contributed by atoms with E-state index < -0.39 is 10.5 Å². The van der Waals surface area contributed by atoms with Crippen molar-refractivity contribution in [3.8, 4) is 0 Å². The monoisotopic (exact) mass is 311 g/mol. The van der Waals surface area contributed by atoms with Crippen LogP contribution in [0.25, 0.3) is 0 Å².